The molecule has 0 aliphatic heterocycles. The van der Waals surface area contributed by atoms with Gasteiger partial charge in [0.1, 0.15) is 19.3 Å². The average molecular weight is 693 g/mol. The third-order valence-electron chi connectivity index (χ3n) is 8.67. The predicted molar refractivity (Wildman–Crippen MR) is 197 cm³/mol. The van der Waals surface area contributed by atoms with E-state index in [4.69, 9.17) is 18.5 Å². The number of phosphoric ester groups is 1. The molecule has 0 amide bonds. The van der Waals surface area contributed by atoms with Gasteiger partial charge < -0.3 is 18.9 Å². The maximum Gasteiger partial charge on any atom is 0.472 e. The van der Waals surface area contributed by atoms with Crippen molar-refractivity contribution in [2.24, 2.45) is 0 Å². The van der Waals surface area contributed by atoms with Crippen LogP contribution in [0.2, 0.25) is 0 Å². The monoisotopic (exact) mass is 693 g/mol. The van der Waals surface area contributed by atoms with E-state index in [1.54, 1.807) is 0 Å². The molecule has 0 bridgehead atoms. The highest BCUT2D eigenvalue weighted by atomic mass is 31.2. The van der Waals surface area contributed by atoms with Crippen molar-refractivity contribution in [3.05, 3.63) is 0 Å². The second-order valence-electron chi connectivity index (χ2n) is 14.7. The highest BCUT2D eigenvalue weighted by Gasteiger charge is 2.26. The summed E-state index contributed by atoms with van der Waals surface area (Å²) in [6.45, 7) is 5.63. The summed E-state index contributed by atoms with van der Waals surface area (Å²) in [7, 11) is 1.68. The van der Waals surface area contributed by atoms with E-state index in [9.17, 15) is 14.3 Å². The van der Waals surface area contributed by atoms with Crippen LogP contribution in [0.3, 0.4) is 0 Å². The van der Waals surface area contributed by atoms with Crippen molar-refractivity contribution in [3.63, 3.8) is 0 Å². The predicted octanol–water partition coefficient (Wildman–Crippen LogP) is 10.9. The van der Waals surface area contributed by atoms with Crippen LogP contribution < -0.4 is 0 Å². The molecule has 0 aromatic heterocycles. The van der Waals surface area contributed by atoms with E-state index in [0.29, 0.717) is 24.1 Å². The largest absolute Gasteiger partial charge is 0.472 e. The molecule has 0 saturated heterocycles. The lowest BCUT2D eigenvalue weighted by Crippen LogP contribution is -2.37. The van der Waals surface area contributed by atoms with E-state index in [1.807, 2.05) is 21.1 Å². The van der Waals surface area contributed by atoms with Crippen molar-refractivity contribution >= 4 is 13.8 Å². The number of unbranched alkanes of at least 4 members (excludes halogenated alkanes) is 23. The lowest BCUT2D eigenvalue weighted by molar-refractivity contribution is -0.870. The normalized spacial score (nSPS) is 13.9. The van der Waals surface area contributed by atoms with E-state index >= 15 is 0 Å². The number of quaternary nitrogens is 1. The van der Waals surface area contributed by atoms with Crippen molar-refractivity contribution in [2.45, 2.75) is 187 Å². The molecule has 0 fully saturated rings. The number of esters is 1. The Bertz CT molecular complexity index is 731. The number of nitrogens with zero attached hydrogens (tertiary/aromatic N) is 1. The maximum atomic E-state index is 12.5. The van der Waals surface area contributed by atoms with Gasteiger partial charge in [-0.05, 0) is 12.8 Å². The Balaban J connectivity index is 4.14. The molecule has 0 rings (SSSR count). The first-order valence-corrected chi connectivity index (χ1v) is 21.3. The standard InChI is InChI=1S/C38H78NO7P/c1-6-8-10-12-14-16-17-18-19-20-21-22-23-24-26-28-30-33-43-35-37(36-45-47(41,42)44-34-32-39(3,4)5)46-38(40)31-29-27-25-15-13-11-9-7-2/h37H,6-36H2,1-5H3/p+1. The van der Waals surface area contributed by atoms with Crippen LogP contribution in [0, 0.1) is 0 Å². The molecule has 2 unspecified atom stereocenters. The number of carbonyl (C=O) groups is 1. The van der Waals surface area contributed by atoms with Gasteiger partial charge in [0.05, 0.1) is 34.4 Å². The minimum Gasteiger partial charge on any atom is -0.457 e. The first-order valence-electron chi connectivity index (χ1n) is 19.8. The molecule has 2 atom stereocenters. The number of phosphoric acid groups is 1. The van der Waals surface area contributed by atoms with Gasteiger partial charge in [-0.2, -0.15) is 0 Å². The van der Waals surface area contributed by atoms with Gasteiger partial charge in [0.2, 0.25) is 0 Å². The molecular weight excluding hydrogens is 613 g/mol. The quantitative estimate of drug-likeness (QED) is 0.0300. The van der Waals surface area contributed by atoms with Crippen molar-refractivity contribution in [1.29, 1.82) is 0 Å². The van der Waals surface area contributed by atoms with Gasteiger partial charge in [-0.1, -0.05) is 162 Å². The first-order chi connectivity index (χ1) is 22.6. The van der Waals surface area contributed by atoms with Crippen molar-refractivity contribution in [1.82, 2.24) is 0 Å². The highest BCUT2D eigenvalue weighted by Crippen LogP contribution is 2.43. The second-order valence-corrected chi connectivity index (χ2v) is 16.1. The van der Waals surface area contributed by atoms with Crippen LogP contribution in [0.1, 0.15) is 181 Å². The summed E-state index contributed by atoms with van der Waals surface area (Å²) in [5.74, 6) is -0.315. The zero-order valence-electron chi connectivity index (χ0n) is 31.8. The molecule has 1 N–H and O–H groups in total. The van der Waals surface area contributed by atoms with E-state index < -0.39 is 13.9 Å². The van der Waals surface area contributed by atoms with Crippen LogP contribution in [-0.4, -0.2) is 75.6 Å². The van der Waals surface area contributed by atoms with Crippen LogP contribution in [0.25, 0.3) is 0 Å². The Kier molecular flexibility index (Phi) is 32.3. The molecule has 0 saturated carbocycles. The van der Waals surface area contributed by atoms with E-state index in [0.717, 1.165) is 32.1 Å². The first kappa shape index (κ1) is 46.5. The van der Waals surface area contributed by atoms with Crippen molar-refractivity contribution in [3.8, 4) is 0 Å². The fourth-order valence-corrected chi connectivity index (χ4v) is 6.29. The summed E-state index contributed by atoms with van der Waals surface area (Å²) in [6, 6.07) is 0. The van der Waals surface area contributed by atoms with Gasteiger partial charge in [-0.15, -0.1) is 0 Å². The molecule has 0 spiro atoms. The molecule has 8 nitrogen and oxygen atoms in total. The third kappa shape index (κ3) is 36.6. The minimum absolute atomic E-state index is 0.0932. The van der Waals surface area contributed by atoms with Crippen LogP contribution in [-0.2, 0) is 27.9 Å². The number of carbonyl (C=O) groups excluding carboxylic acids is 1. The number of likely N-dealkylation sites (N-methyl/N-ethyl adjacent to an activating group) is 1. The second kappa shape index (κ2) is 32.7. The van der Waals surface area contributed by atoms with Gasteiger partial charge in [0.15, 0.2) is 0 Å². The van der Waals surface area contributed by atoms with Crippen molar-refractivity contribution < 1.29 is 37.3 Å². The van der Waals surface area contributed by atoms with Crippen LogP contribution in [0.5, 0.6) is 0 Å². The Morgan fingerprint density at radius 2 is 0.979 bits per heavy atom. The Hall–Kier alpha value is -0.500. The summed E-state index contributed by atoms with van der Waals surface area (Å²) >= 11 is 0. The average Bonchev–Trinajstić information content (AvgIpc) is 3.01. The number of ether oxygens (including phenoxy) is 2. The van der Waals surface area contributed by atoms with Gasteiger partial charge in [-0.25, -0.2) is 4.57 Å². The SMILES string of the molecule is CCCCCCCCCCCCCCCCCCCOCC(COP(=O)(O)OCC[N+](C)(C)C)OC(=O)CCCCCCCCCC. The van der Waals surface area contributed by atoms with Crippen LogP contribution >= 0.6 is 7.82 Å². The maximum absolute atomic E-state index is 12.5. The van der Waals surface area contributed by atoms with Crippen molar-refractivity contribution in [2.75, 3.05) is 54.1 Å². The molecule has 0 radical (unpaired) electrons. The number of hydrogen-bond donors (Lipinski definition) is 1. The Morgan fingerprint density at radius 1 is 0.574 bits per heavy atom. The molecule has 0 heterocycles. The Labute approximate surface area is 291 Å². The van der Waals surface area contributed by atoms with Gasteiger partial charge in [0, 0.05) is 13.0 Å². The lowest BCUT2D eigenvalue weighted by atomic mass is 10.0. The van der Waals surface area contributed by atoms with Gasteiger partial charge in [-0.3, -0.25) is 13.8 Å². The summed E-state index contributed by atoms with van der Waals surface area (Å²) in [4.78, 5) is 22.7. The summed E-state index contributed by atoms with van der Waals surface area (Å²) in [6.07, 6.45) is 31.4. The third-order valence-corrected chi connectivity index (χ3v) is 9.65. The summed E-state index contributed by atoms with van der Waals surface area (Å²) in [5, 5.41) is 0. The van der Waals surface area contributed by atoms with E-state index in [-0.39, 0.29) is 25.8 Å². The highest BCUT2D eigenvalue weighted by molar-refractivity contribution is 7.47. The smallest absolute Gasteiger partial charge is 0.457 e. The fraction of sp³-hybridized carbons (Fsp3) is 0.974. The molecule has 0 aromatic rings. The molecule has 0 aliphatic carbocycles. The van der Waals surface area contributed by atoms with E-state index in [1.165, 1.54) is 128 Å². The van der Waals surface area contributed by atoms with Gasteiger partial charge >= 0.3 is 13.8 Å². The number of hydrogen-bond acceptors (Lipinski definition) is 6. The molecule has 9 heteroatoms. The Morgan fingerprint density at radius 3 is 1.40 bits per heavy atom. The molecular formula is C38H79NO7P+. The number of rotatable bonds is 37. The minimum atomic E-state index is -4.25. The summed E-state index contributed by atoms with van der Waals surface area (Å²) < 4.78 is 34.8. The van der Waals surface area contributed by atoms with Gasteiger partial charge in [0.25, 0.3) is 0 Å². The zero-order chi connectivity index (χ0) is 34.9. The van der Waals surface area contributed by atoms with E-state index in [2.05, 4.69) is 13.8 Å². The zero-order valence-corrected chi connectivity index (χ0v) is 32.7. The van der Waals surface area contributed by atoms with Crippen LogP contribution in [0.4, 0.5) is 0 Å². The topological polar surface area (TPSA) is 91.3 Å². The fourth-order valence-electron chi connectivity index (χ4n) is 5.55. The van der Waals surface area contributed by atoms with Crippen LogP contribution in [0.15, 0.2) is 0 Å². The molecule has 47 heavy (non-hydrogen) atoms. The molecule has 0 aliphatic rings. The summed E-state index contributed by atoms with van der Waals surface area (Å²) in [5.41, 5.74) is 0. The lowest BCUT2D eigenvalue weighted by Gasteiger charge is -2.24. The molecule has 282 valence electrons. The molecule has 0 aromatic carbocycles.